The van der Waals surface area contributed by atoms with E-state index < -0.39 is 23.9 Å². The maximum Gasteiger partial charge on any atom is 0.325 e. The van der Waals surface area contributed by atoms with Crippen molar-refractivity contribution in [3.8, 4) is 0 Å². The first-order valence-electron chi connectivity index (χ1n) is 5.21. The molecule has 1 rings (SSSR count). The topological polar surface area (TPSA) is 81.7 Å². The van der Waals surface area contributed by atoms with Crippen LogP contribution < -0.4 is 5.32 Å². The van der Waals surface area contributed by atoms with Crippen LogP contribution in [-0.4, -0.2) is 37.1 Å². The minimum absolute atomic E-state index is 0.0696. The number of ether oxygens (including phenoxy) is 2. The summed E-state index contributed by atoms with van der Waals surface area (Å²) in [6, 6.07) is 0. The predicted octanol–water partition coefficient (Wildman–Crippen LogP) is -0.217. The van der Waals surface area contributed by atoms with Crippen molar-refractivity contribution in [3.05, 3.63) is 12.2 Å². The van der Waals surface area contributed by atoms with Gasteiger partial charge in [0.25, 0.3) is 0 Å². The Kier molecular flexibility index (Phi) is 4.25. The molecule has 2 atom stereocenters. The van der Waals surface area contributed by atoms with Crippen molar-refractivity contribution in [1.82, 2.24) is 5.32 Å². The van der Waals surface area contributed by atoms with Crippen LogP contribution in [0.1, 0.15) is 13.8 Å². The number of cyclic esters (lactones) is 1. The summed E-state index contributed by atoms with van der Waals surface area (Å²) in [5, 5.41) is 2.34. The molecule has 17 heavy (non-hydrogen) atoms. The Balaban J connectivity index is 2.33. The summed E-state index contributed by atoms with van der Waals surface area (Å²) in [5.41, 5.74) is 0.311. The van der Waals surface area contributed by atoms with Gasteiger partial charge in [0, 0.05) is 5.57 Å². The van der Waals surface area contributed by atoms with Crippen molar-refractivity contribution in [1.29, 1.82) is 0 Å². The largest absolute Gasteiger partial charge is 0.461 e. The summed E-state index contributed by atoms with van der Waals surface area (Å²) in [6.07, 6.45) is -0.572. The molecule has 0 aromatic rings. The molecular formula is C11H15NO5. The van der Waals surface area contributed by atoms with E-state index >= 15 is 0 Å². The van der Waals surface area contributed by atoms with Gasteiger partial charge >= 0.3 is 11.9 Å². The van der Waals surface area contributed by atoms with Crippen LogP contribution in [0.5, 0.6) is 0 Å². The van der Waals surface area contributed by atoms with Gasteiger partial charge in [0.05, 0.1) is 5.92 Å². The molecule has 94 valence electrons. The van der Waals surface area contributed by atoms with Crippen LogP contribution in [0.25, 0.3) is 0 Å². The first kappa shape index (κ1) is 13.2. The van der Waals surface area contributed by atoms with Gasteiger partial charge in [-0.3, -0.25) is 14.4 Å². The molecule has 0 bridgehead atoms. The lowest BCUT2D eigenvalue weighted by molar-refractivity contribution is -0.150. The second-order valence-electron chi connectivity index (χ2n) is 3.91. The molecule has 1 aliphatic rings. The minimum atomic E-state index is -0.602. The number of amides is 1. The van der Waals surface area contributed by atoms with Crippen molar-refractivity contribution in [2.45, 2.75) is 20.0 Å². The molecule has 1 fully saturated rings. The van der Waals surface area contributed by atoms with Gasteiger partial charge in [0.2, 0.25) is 5.91 Å². The van der Waals surface area contributed by atoms with Crippen LogP contribution in [-0.2, 0) is 23.9 Å². The van der Waals surface area contributed by atoms with Gasteiger partial charge in [0.15, 0.2) is 0 Å². The average Bonchev–Trinajstić information content (AvgIpc) is 2.57. The second-order valence-corrected chi connectivity index (χ2v) is 3.91. The van der Waals surface area contributed by atoms with Crippen molar-refractivity contribution in [2.24, 2.45) is 5.92 Å². The Morgan fingerprint density at radius 1 is 1.59 bits per heavy atom. The maximum atomic E-state index is 11.3. The molecule has 6 heteroatoms. The van der Waals surface area contributed by atoms with Crippen molar-refractivity contribution >= 4 is 17.8 Å². The van der Waals surface area contributed by atoms with E-state index in [0.29, 0.717) is 5.57 Å². The van der Waals surface area contributed by atoms with E-state index in [1.165, 1.54) is 6.92 Å². The van der Waals surface area contributed by atoms with Gasteiger partial charge in [-0.15, -0.1) is 0 Å². The molecule has 0 saturated carbocycles. The van der Waals surface area contributed by atoms with E-state index in [9.17, 15) is 14.4 Å². The van der Waals surface area contributed by atoms with Crippen LogP contribution in [0.2, 0.25) is 0 Å². The first-order valence-corrected chi connectivity index (χ1v) is 5.21. The molecule has 0 radical (unpaired) electrons. The number of hydrogen-bond acceptors (Lipinski definition) is 5. The molecule has 1 amide bonds. The molecule has 0 aromatic heterocycles. The fourth-order valence-electron chi connectivity index (χ4n) is 1.24. The lowest BCUT2D eigenvalue weighted by Gasteiger charge is -2.12. The van der Waals surface area contributed by atoms with E-state index in [0.717, 1.165) is 0 Å². The fraction of sp³-hybridized carbons (Fsp3) is 0.545. The van der Waals surface area contributed by atoms with Crippen LogP contribution in [0, 0.1) is 5.92 Å². The molecule has 1 heterocycles. The third kappa shape index (κ3) is 3.58. The van der Waals surface area contributed by atoms with Gasteiger partial charge in [-0.05, 0) is 13.8 Å². The Bertz CT molecular complexity index is 363. The second kappa shape index (κ2) is 5.47. The third-order valence-electron chi connectivity index (χ3n) is 2.38. The maximum absolute atomic E-state index is 11.3. The quantitative estimate of drug-likeness (QED) is 0.543. The fourth-order valence-corrected chi connectivity index (χ4v) is 1.24. The number of hydrogen-bond donors (Lipinski definition) is 1. The van der Waals surface area contributed by atoms with Gasteiger partial charge in [-0.1, -0.05) is 6.58 Å². The Labute approximate surface area is 99.0 Å². The smallest absolute Gasteiger partial charge is 0.325 e. The van der Waals surface area contributed by atoms with Gasteiger partial charge in [-0.25, -0.2) is 0 Å². The lowest BCUT2D eigenvalue weighted by atomic mass is 10.1. The highest BCUT2D eigenvalue weighted by Crippen LogP contribution is 2.17. The Morgan fingerprint density at radius 3 is 2.71 bits per heavy atom. The lowest BCUT2D eigenvalue weighted by Crippen LogP contribution is -2.34. The highest BCUT2D eigenvalue weighted by Gasteiger charge is 2.35. The first-order chi connectivity index (χ1) is 7.91. The molecule has 6 nitrogen and oxygen atoms in total. The van der Waals surface area contributed by atoms with Crippen LogP contribution in [0.4, 0.5) is 0 Å². The zero-order chi connectivity index (χ0) is 13.0. The highest BCUT2D eigenvalue weighted by atomic mass is 16.6. The third-order valence-corrected chi connectivity index (χ3v) is 2.38. The zero-order valence-corrected chi connectivity index (χ0v) is 9.82. The standard InChI is InChI=1S/C11H15NO5/c1-6(2)10(14)12-4-9(13)17-8-5-16-11(15)7(8)3/h7-8H,1,4-5H2,2-3H3,(H,12,14). The van der Waals surface area contributed by atoms with Crippen molar-refractivity contribution in [2.75, 3.05) is 13.2 Å². The van der Waals surface area contributed by atoms with Gasteiger partial charge in [0.1, 0.15) is 19.3 Å². The summed E-state index contributed by atoms with van der Waals surface area (Å²) in [7, 11) is 0. The number of nitrogens with one attached hydrogen (secondary N) is 1. The molecule has 1 aliphatic heterocycles. The molecule has 0 aliphatic carbocycles. The molecular weight excluding hydrogens is 226 g/mol. The molecule has 1 N–H and O–H groups in total. The zero-order valence-electron chi connectivity index (χ0n) is 9.82. The summed E-state index contributed by atoms with van der Waals surface area (Å²) >= 11 is 0. The van der Waals surface area contributed by atoms with Crippen LogP contribution >= 0.6 is 0 Å². The number of esters is 2. The Morgan fingerprint density at radius 2 is 2.24 bits per heavy atom. The van der Waals surface area contributed by atoms with E-state index in [-0.39, 0.29) is 19.1 Å². The highest BCUT2D eigenvalue weighted by molar-refractivity contribution is 5.94. The van der Waals surface area contributed by atoms with Crippen LogP contribution in [0.15, 0.2) is 12.2 Å². The summed E-state index contributed by atoms with van der Waals surface area (Å²) < 4.78 is 9.72. The van der Waals surface area contributed by atoms with Gasteiger partial charge in [-0.2, -0.15) is 0 Å². The summed E-state index contributed by atoms with van der Waals surface area (Å²) in [6.45, 7) is 6.41. The minimum Gasteiger partial charge on any atom is -0.461 e. The predicted molar refractivity (Wildman–Crippen MR) is 57.8 cm³/mol. The SMILES string of the molecule is C=C(C)C(=O)NCC(=O)OC1COC(=O)C1C. The van der Waals surface area contributed by atoms with Crippen molar-refractivity contribution in [3.63, 3.8) is 0 Å². The van der Waals surface area contributed by atoms with Crippen LogP contribution in [0.3, 0.4) is 0 Å². The number of carbonyl (C=O) groups is 3. The Hall–Kier alpha value is -1.85. The number of rotatable bonds is 4. The molecule has 0 spiro atoms. The normalized spacial score (nSPS) is 22.8. The van der Waals surface area contributed by atoms with E-state index in [4.69, 9.17) is 9.47 Å². The summed E-state index contributed by atoms with van der Waals surface area (Å²) in [4.78, 5) is 33.5. The monoisotopic (exact) mass is 241 g/mol. The average molecular weight is 241 g/mol. The molecule has 2 unspecified atom stereocenters. The van der Waals surface area contributed by atoms with Gasteiger partial charge < -0.3 is 14.8 Å². The number of carbonyl (C=O) groups excluding carboxylic acids is 3. The summed E-state index contributed by atoms with van der Waals surface area (Å²) in [5.74, 6) is -1.85. The van der Waals surface area contributed by atoms with E-state index in [1.807, 2.05) is 0 Å². The molecule has 1 saturated heterocycles. The molecule has 0 aromatic carbocycles. The van der Waals surface area contributed by atoms with E-state index in [2.05, 4.69) is 11.9 Å². The van der Waals surface area contributed by atoms with E-state index in [1.54, 1.807) is 6.92 Å². The van der Waals surface area contributed by atoms with Crippen molar-refractivity contribution < 1.29 is 23.9 Å².